The minimum absolute atomic E-state index is 0.0942. The molecule has 2 rings (SSSR count). The summed E-state index contributed by atoms with van der Waals surface area (Å²) < 4.78 is 36.0. The molecule has 0 atom stereocenters. The van der Waals surface area contributed by atoms with Crippen LogP contribution < -0.4 is 5.32 Å². The molecular formula is C23H29ClF3NO3. The van der Waals surface area contributed by atoms with Crippen LogP contribution in [0.4, 0.5) is 18.9 Å². The van der Waals surface area contributed by atoms with Gasteiger partial charge in [-0.1, -0.05) is 68.8 Å². The standard InChI is InChI=1S/C13H13ClF3NO3.C8H10.C2H6/c14-9-3-1-8(2-4-12(20)21)7-10(9)18-11(19)5-6-13(15,16)17;1-2-8-6-4-3-5-7-8;1-2/h1,3,7H,2,4-6H2,(H,18,19)(H,20,21);3-7H,2H2,1H3;1-2H3. The molecule has 0 heterocycles. The first kappa shape index (κ1) is 28.5. The van der Waals surface area contributed by atoms with Crippen molar-refractivity contribution in [3.63, 3.8) is 0 Å². The first-order valence-electron chi connectivity index (χ1n) is 10.0. The molecule has 2 aromatic carbocycles. The maximum absolute atomic E-state index is 12.0. The smallest absolute Gasteiger partial charge is 0.389 e. The van der Waals surface area contributed by atoms with Crippen LogP contribution in [0, 0.1) is 0 Å². The highest BCUT2D eigenvalue weighted by atomic mass is 35.5. The average molecular weight is 460 g/mol. The molecule has 0 spiro atoms. The molecule has 0 aromatic heterocycles. The number of anilines is 1. The average Bonchev–Trinajstić information content (AvgIpc) is 2.75. The Morgan fingerprint density at radius 1 is 1.00 bits per heavy atom. The Morgan fingerprint density at radius 2 is 1.61 bits per heavy atom. The fourth-order valence-corrected chi connectivity index (χ4v) is 2.42. The van der Waals surface area contributed by atoms with E-state index in [2.05, 4.69) is 36.5 Å². The third-order valence-corrected chi connectivity index (χ3v) is 4.15. The van der Waals surface area contributed by atoms with Crippen molar-refractivity contribution in [2.45, 2.75) is 59.1 Å². The van der Waals surface area contributed by atoms with Crippen LogP contribution in [0.1, 0.15) is 51.2 Å². The SMILES string of the molecule is CC.CCc1ccccc1.O=C(O)CCc1ccc(Cl)c(NC(=O)CCC(F)(F)F)c1. The Balaban J connectivity index is 0.000000745. The molecule has 1 amide bonds. The van der Waals surface area contributed by atoms with Crippen molar-refractivity contribution in [3.05, 3.63) is 64.7 Å². The Hall–Kier alpha value is -2.54. The van der Waals surface area contributed by atoms with Crippen molar-refractivity contribution in [1.29, 1.82) is 0 Å². The number of carbonyl (C=O) groups is 2. The van der Waals surface area contributed by atoms with Gasteiger partial charge >= 0.3 is 12.1 Å². The van der Waals surface area contributed by atoms with Gasteiger partial charge in [-0.25, -0.2) is 0 Å². The zero-order chi connectivity index (χ0) is 23.9. The molecule has 0 aliphatic carbocycles. The van der Waals surface area contributed by atoms with Gasteiger partial charge < -0.3 is 10.4 Å². The summed E-state index contributed by atoms with van der Waals surface area (Å²) in [5, 5.41) is 11.1. The van der Waals surface area contributed by atoms with Crippen molar-refractivity contribution in [2.75, 3.05) is 5.32 Å². The lowest BCUT2D eigenvalue weighted by Crippen LogP contribution is -2.16. The van der Waals surface area contributed by atoms with Crippen LogP contribution in [0.2, 0.25) is 5.02 Å². The fourth-order valence-electron chi connectivity index (χ4n) is 2.26. The van der Waals surface area contributed by atoms with E-state index in [-0.39, 0.29) is 23.6 Å². The maximum atomic E-state index is 12.0. The van der Waals surface area contributed by atoms with Gasteiger partial charge in [0.15, 0.2) is 0 Å². The molecule has 0 unspecified atom stereocenters. The zero-order valence-electron chi connectivity index (χ0n) is 17.9. The highest BCUT2D eigenvalue weighted by molar-refractivity contribution is 6.33. The van der Waals surface area contributed by atoms with Gasteiger partial charge in [-0.3, -0.25) is 9.59 Å². The number of rotatable bonds is 7. The molecule has 0 radical (unpaired) electrons. The summed E-state index contributed by atoms with van der Waals surface area (Å²) in [5.41, 5.74) is 2.20. The van der Waals surface area contributed by atoms with Crippen molar-refractivity contribution in [1.82, 2.24) is 0 Å². The summed E-state index contributed by atoms with van der Waals surface area (Å²) in [6.45, 7) is 6.16. The molecule has 8 heteroatoms. The number of amides is 1. The lowest BCUT2D eigenvalue weighted by molar-refractivity contribution is -0.142. The van der Waals surface area contributed by atoms with Crippen LogP contribution in [-0.2, 0) is 22.4 Å². The van der Waals surface area contributed by atoms with Crippen molar-refractivity contribution in [3.8, 4) is 0 Å². The lowest BCUT2D eigenvalue weighted by Gasteiger charge is -2.10. The summed E-state index contributed by atoms with van der Waals surface area (Å²) >= 11 is 5.84. The first-order chi connectivity index (χ1) is 14.6. The molecule has 0 saturated heterocycles. The number of aliphatic carboxylic acids is 1. The number of hydrogen-bond acceptors (Lipinski definition) is 2. The largest absolute Gasteiger partial charge is 0.481 e. The molecule has 2 aromatic rings. The number of halogens is 4. The predicted octanol–water partition coefficient (Wildman–Crippen LogP) is 6.91. The van der Waals surface area contributed by atoms with E-state index in [1.54, 1.807) is 6.07 Å². The van der Waals surface area contributed by atoms with Crippen LogP contribution in [0.15, 0.2) is 48.5 Å². The second-order valence-corrected chi connectivity index (χ2v) is 6.62. The highest BCUT2D eigenvalue weighted by Crippen LogP contribution is 2.25. The molecule has 0 aliphatic heterocycles. The van der Waals surface area contributed by atoms with E-state index in [1.807, 2.05) is 19.9 Å². The molecular weight excluding hydrogens is 431 g/mol. The Bertz CT molecular complexity index is 796. The van der Waals surface area contributed by atoms with Crippen LogP contribution in [0.25, 0.3) is 0 Å². The summed E-state index contributed by atoms with van der Waals surface area (Å²) in [6.07, 6.45) is -5.03. The van der Waals surface area contributed by atoms with Crippen LogP contribution in [0.5, 0.6) is 0 Å². The number of nitrogens with one attached hydrogen (secondary N) is 1. The van der Waals surface area contributed by atoms with Gasteiger partial charge in [0.05, 0.1) is 17.1 Å². The topological polar surface area (TPSA) is 66.4 Å². The summed E-state index contributed by atoms with van der Waals surface area (Å²) in [4.78, 5) is 21.9. The van der Waals surface area contributed by atoms with E-state index < -0.39 is 30.9 Å². The number of aryl methyl sites for hydroxylation is 2. The fraction of sp³-hybridized carbons (Fsp3) is 0.391. The number of carboxylic acid groups (broad SMARTS) is 1. The molecule has 2 N–H and O–H groups in total. The molecule has 31 heavy (non-hydrogen) atoms. The van der Waals surface area contributed by atoms with Gasteiger partial charge in [0, 0.05) is 12.8 Å². The summed E-state index contributed by atoms with van der Waals surface area (Å²) in [6, 6.07) is 15.0. The first-order valence-corrected chi connectivity index (χ1v) is 10.4. The molecule has 4 nitrogen and oxygen atoms in total. The van der Waals surface area contributed by atoms with E-state index in [1.165, 1.54) is 17.7 Å². The number of benzene rings is 2. The van der Waals surface area contributed by atoms with Gasteiger partial charge in [0.1, 0.15) is 0 Å². The summed E-state index contributed by atoms with van der Waals surface area (Å²) in [5.74, 6) is -1.77. The number of hydrogen-bond donors (Lipinski definition) is 2. The van der Waals surface area contributed by atoms with Crippen molar-refractivity contribution >= 4 is 29.2 Å². The number of carboxylic acids is 1. The summed E-state index contributed by atoms with van der Waals surface area (Å²) in [7, 11) is 0. The Morgan fingerprint density at radius 3 is 2.10 bits per heavy atom. The zero-order valence-corrected chi connectivity index (χ0v) is 18.7. The second-order valence-electron chi connectivity index (χ2n) is 6.21. The third kappa shape index (κ3) is 14.2. The Labute approximate surface area is 186 Å². The van der Waals surface area contributed by atoms with Crippen LogP contribution in [0.3, 0.4) is 0 Å². The van der Waals surface area contributed by atoms with Gasteiger partial charge in [0.2, 0.25) is 5.91 Å². The number of alkyl halides is 3. The van der Waals surface area contributed by atoms with Crippen molar-refractivity contribution < 1.29 is 27.9 Å². The highest BCUT2D eigenvalue weighted by Gasteiger charge is 2.28. The van der Waals surface area contributed by atoms with Gasteiger partial charge in [-0.2, -0.15) is 13.2 Å². The second kappa shape index (κ2) is 15.3. The van der Waals surface area contributed by atoms with Gasteiger partial charge in [-0.05, 0) is 36.1 Å². The van der Waals surface area contributed by atoms with E-state index in [9.17, 15) is 22.8 Å². The molecule has 0 bridgehead atoms. The van der Waals surface area contributed by atoms with Crippen LogP contribution in [-0.4, -0.2) is 23.2 Å². The van der Waals surface area contributed by atoms with Gasteiger partial charge in [-0.15, -0.1) is 0 Å². The normalized spacial score (nSPS) is 10.2. The monoisotopic (exact) mass is 459 g/mol. The van der Waals surface area contributed by atoms with E-state index in [0.717, 1.165) is 6.42 Å². The number of carbonyl (C=O) groups excluding carboxylic acids is 1. The minimum Gasteiger partial charge on any atom is -0.481 e. The van der Waals surface area contributed by atoms with E-state index in [0.29, 0.717) is 5.56 Å². The van der Waals surface area contributed by atoms with E-state index >= 15 is 0 Å². The molecule has 0 aliphatic rings. The molecule has 172 valence electrons. The van der Waals surface area contributed by atoms with Gasteiger partial charge in [0.25, 0.3) is 0 Å². The minimum atomic E-state index is -4.40. The lowest BCUT2D eigenvalue weighted by atomic mass is 10.1. The molecule has 0 fully saturated rings. The maximum Gasteiger partial charge on any atom is 0.389 e. The Kier molecular flexibility index (Phi) is 14.0. The van der Waals surface area contributed by atoms with Crippen LogP contribution >= 0.6 is 11.6 Å². The molecule has 0 saturated carbocycles. The third-order valence-electron chi connectivity index (χ3n) is 3.82. The quantitative estimate of drug-likeness (QED) is 0.472. The van der Waals surface area contributed by atoms with E-state index in [4.69, 9.17) is 16.7 Å². The van der Waals surface area contributed by atoms with Crippen molar-refractivity contribution in [2.24, 2.45) is 0 Å². The predicted molar refractivity (Wildman–Crippen MR) is 118 cm³/mol.